The number of hydrogen-bond acceptors (Lipinski definition) is 3. The molecule has 1 N–H and O–H groups in total. The van der Waals surface area contributed by atoms with E-state index in [1.165, 1.54) is 16.7 Å². The molecular formula is C20H23N3O. The molecule has 0 amide bonds. The first-order valence-electron chi connectivity index (χ1n) is 8.17. The Morgan fingerprint density at radius 3 is 2.58 bits per heavy atom. The number of benzene rings is 2. The molecule has 0 fully saturated rings. The molecule has 3 aromatic rings. The van der Waals surface area contributed by atoms with Crippen LogP contribution in [0.4, 0.5) is 0 Å². The highest BCUT2D eigenvalue weighted by Crippen LogP contribution is 2.18. The maximum atomic E-state index is 5.21. The van der Waals surface area contributed by atoms with E-state index in [0.29, 0.717) is 0 Å². The highest BCUT2D eigenvalue weighted by atomic mass is 16.5. The average Bonchev–Trinajstić information content (AvgIpc) is 3.13. The summed E-state index contributed by atoms with van der Waals surface area (Å²) in [6.45, 7) is 3.81. The van der Waals surface area contributed by atoms with Gasteiger partial charge >= 0.3 is 0 Å². The summed E-state index contributed by atoms with van der Waals surface area (Å²) >= 11 is 0. The van der Waals surface area contributed by atoms with Crippen LogP contribution in [-0.4, -0.2) is 16.9 Å². The SMILES string of the molecule is COc1ccc(C(C)NCc2cccc(Cn3cccn3)c2)cc1. The molecule has 0 bridgehead atoms. The van der Waals surface area contributed by atoms with Gasteiger partial charge in [-0.05, 0) is 41.8 Å². The summed E-state index contributed by atoms with van der Waals surface area (Å²) in [5.41, 5.74) is 3.79. The van der Waals surface area contributed by atoms with Crippen molar-refractivity contribution in [1.29, 1.82) is 0 Å². The average molecular weight is 321 g/mol. The zero-order valence-electron chi connectivity index (χ0n) is 14.1. The van der Waals surface area contributed by atoms with Crippen LogP contribution in [0.2, 0.25) is 0 Å². The maximum absolute atomic E-state index is 5.21. The highest BCUT2D eigenvalue weighted by molar-refractivity contribution is 5.29. The molecule has 1 aromatic heterocycles. The van der Waals surface area contributed by atoms with Crippen molar-refractivity contribution in [1.82, 2.24) is 15.1 Å². The van der Waals surface area contributed by atoms with Crippen LogP contribution in [0, 0.1) is 0 Å². The molecule has 1 atom stereocenters. The van der Waals surface area contributed by atoms with E-state index in [-0.39, 0.29) is 6.04 Å². The van der Waals surface area contributed by atoms with Gasteiger partial charge in [-0.25, -0.2) is 0 Å². The minimum absolute atomic E-state index is 0.283. The van der Waals surface area contributed by atoms with Gasteiger partial charge in [0.2, 0.25) is 0 Å². The predicted molar refractivity (Wildman–Crippen MR) is 96.0 cm³/mol. The standard InChI is InChI=1S/C20H23N3O/c1-16(19-7-9-20(24-2)10-8-19)21-14-17-5-3-6-18(13-17)15-23-12-4-11-22-23/h3-13,16,21H,14-15H2,1-2H3. The van der Waals surface area contributed by atoms with Crippen LogP contribution in [0.25, 0.3) is 0 Å². The van der Waals surface area contributed by atoms with E-state index in [4.69, 9.17) is 4.74 Å². The van der Waals surface area contributed by atoms with Crippen molar-refractivity contribution >= 4 is 0 Å². The number of nitrogens with one attached hydrogen (secondary N) is 1. The van der Waals surface area contributed by atoms with Crippen molar-refractivity contribution in [2.24, 2.45) is 0 Å². The zero-order chi connectivity index (χ0) is 16.8. The second-order valence-corrected chi connectivity index (χ2v) is 5.90. The molecular weight excluding hydrogens is 298 g/mol. The molecule has 1 unspecified atom stereocenters. The summed E-state index contributed by atoms with van der Waals surface area (Å²) in [5, 5.41) is 7.84. The summed E-state index contributed by atoms with van der Waals surface area (Å²) in [7, 11) is 1.69. The molecule has 0 aliphatic rings. The molecule has 3 rings (SSSR count). The molecule has 24 heavy (non-hydrogen) atoms. The van der Waals surface area contributed by atoms with Crippen LogP contribution >= 0.6 is 0 Å². The summed E-state index contributed by atoms with van der Waals surface area (Å²) in [4.78, 5) is 0. The van der Waals surface area contributed by atoms with E-state index in [1.807, 2.05) is 35.3 Å². The van der Waals surface area contributed by atoms with Crippen LogP contribution in [0.15, 0.2) is 67.0 Å². The third-order valence-corrected chi connectivity index (χ3v) is 4.12. The van der Waals surface area contributed by atoms with Gasteiger partial charge in [0.05, 0.1) is 13.7 Å². The lowest BCUT2D eigenvalue weighted by molar-refractivity contribution is 0.414. The summed E-state index contributed by atoms with van der Waals surface area (Å²) in [6, 6.07) is 19.1. The van der Waals surface area contributed by atoms with Crippen molar-refractivity contribution in [2.45, 2.75) is 26.1 Å². The Kier molecular flexibility index (Phi) is 5.29. The Morgan fingerprint density at radius 1 is 1.08 bits per heavy atom. The van der Waals surface area contributed by atoms with Crippen LogP contribution in [-0.2, 0) is 13.1 Å². The zero-order valence-corrected chi connectivity index (χ0v) is 14.1. The monoisotopic (exact) mass is 321 g/mol. The van der Waals surface area contributed by atoms with E-state index in [2.05, 4.69) is 53.7 Å². The van der Waals surface area contributed by atoms with Gasteiger partial charge in [-0.2, -0.15) is 5.10 Å². The van der Waals surface area contributed by atoms with Crippen molar-refractivity contribution < 1.29 is 4.74 Å². The van der Waals surface area contributed by atoms with Crippen molar-refractivity contribution in [3.05, 3.63) is 83.7 Å². The molecule has 4 nitrogen and oxygen atoms in total. The second kappa shape index (κ2) is 7.79. The van der Waals surface area contributed by atoms with Crippen LogP contribution < -0.4 is 10.1 Å². The lowest BCUT2D eigenvalue weighted by Crippen LogP contribution is -2.18. The Morgan fingerprint density at radius 2 is 1.88 bits per heavy atom. The Bertz CT molecular complexity index is 751. The molecule has 0 spiro atoms. The minimum Gasteiger partial charge on any atom is -0.497 e. The number of methoxy groups -OCH3 is 1. The quantitative estimate of drug-likeness (QED) is 0.719. The number of rotatable bonds is 7. The van der Waals surface area contributed by atoms with Gasteiger partial charge in [0.15, 0.2) is 0 Å². The number of ether oxygens (including phenoxy) is 1. The minimum atomic E-state index is 0.283. The lowest BCUT2D eigenvalue weighted by Gasteiger charge is -2.15. The van der Waals surface area contributed by atoms with Gasteiger partial charge in [-0.15, -0.1) is 0 Å². The molecule has 124 valence electrons. The lowest BCUT2D eigenvalue weighted by atomic mass is 10.1. The van der Waals surface area contributed by atoms with E-state index in [1.54, 1.807) is 7.11 Å². The Labute approximate surface area is 143 Å². The van der Waals surface area contributed by atoms with Crippen molar-refractivity contribution in [3.8, 4) is 5.75 Å². The number of hydrogen-bond donors (Lipinski definition) is 1. The summed E-state index contributed by atoms with van der Waals surface area (Å²) in [6.07, 6.45) is 3.79. The summed E-state index contributed by atoms with van der Waals surface area (Å²) < 4.78 is 7.14. The van der Waals surface area contributed by atoms with Gasteiger partial charge in [0.25, 0.3) is 0 Å². The Balaban J connectivity index is 1.59. The topological polar surface area (TPSA) is 39.1 Å². The van der Waals surface area contributed by atoms with E-state index < -0.39 is 0 Å². The van der Waals surface area contributed by atoms with E-state index >= 15 is 0 Å². The molecule has 0 saturated carbocycles. The van der Waals surface area contributed by atoms with Crippen LogP contribution in [0.1, 0.15) is 29.7 Å². The van der Waals surface area contributed by atoms with Gasteiger partial charge in [-0.3, -0.25) is 4.68 Å². The third kappa shape index (κ3) is 4.24. The second-order valence-electron chi connectivity index (χ2n) is 5.90. The molecule has 0 aliphatic carbocycles. The van der Waals surface area contributed by atoms with Gasteiger partial charge in [0.1, 0.15) is 5.75 Å². The van der Waals surface area contributed by atoms with E-state index in [9.17, 15) is 0 Å². The number of aromatic nitrogens is 2. The third-order valence-electron chi connectivity index (χ3n) is 4.12. The molecule has 0 aliphatic heterocycles. The first-order chi connectivity index (χ1) is 11.7. The van der Waals surface area contributed by atoms with Gasteiger partial charge < -0.3 is 10.1 Å². The predicted octanol–water partition coefficient (Wildman–Crippen LogP) is 3.79. The first kappa shape index (κ1) is 16.3. The van der Waals surface area contributed by atoms with E-state index in [0.717, 1.165) is 18.8 Å². The van der Waals surface area contributed by atoms with Crippen LogP contribution in [0.3, 0.4) is 0 Å². The smallest absolute Gasteiger partial charge is 0.118 e. The van der Waals surface area contributed by atoms with Crippen LogP contribution in [0.5, 0.6) is 5.75 Å². The highest BCUT2D eigenvalue weighted by Gasteiger charge is 2.05. The van der Waals surface area contributed by atoms with Crippen molar-refractivity contribution in [2.75, 3.05) is 7.11 Å². The molecule has 0 saturated heterocycles. The first-order valence-corrected chi connectivity index (χ1v) is 8.17. The van der Waals surface area contributed by atoms with Crippen molar-refractivity contribution in [3.63, 3.8) is 0 Å². The van der Waals surface area contributed by atoms with Gasteiger partial charge in [0, 0.05) is 25.0 Å². The fourth-order valence-electron chi connectivity index (χ4n) is 2.70. The molecule has 1 heterocycles. The largest absolute Gasteiger partial charge is 0.497 e. The fourth-order valence-corrected chi connectivity index (χ4v) is 2.70. The molecule has 4 heteroatoms. The molecule has 0 radical (unpaired) electrons. The number of nitrogens with zero attached hydrogens (tertiary/aromatic N) is 2. The van der Waals surface area contributed by atoms with Gasteiger partial charge in [-0.1, -0.05) is 36.4 Å². The normalized spacial score (nSPS) is 12.1. The Hall–Kier alpha value is -2.59. The fraction of sp³-hybridized carbons (Fsp3) is 0.250. The maximum Gasteiger partial charge on any atom is 0.118 e. The summed E-state index contributed by atoms with van der Waals surface area (Å²) in [5.74, 6) is 0.886. The molecule has 2 aromatic carbocycles.